The van der Waals surface area contributed by atoms with Gasteiger partial charge in [0.05, 0.1) is 16.8 Å². The highest BCUT2D eigenvalue weighted by Crippen LogP contribution is 2.43. The average molecular weight is 325 g/mol. The molecule has 0 bridgehead atoms. The van der Waals surface area contributed by atoms with Gasteiger partial charge in [0.15, 0.2) is 5.16 Å². The number of rotatable bonds is 5. The van der Waals surface area contributed by atoms with Crippen LogP contribution in [0.3, 0.4) is 0 Å². The molecule has 112 valence electrons. The predicted molar refractivity (Wildman–Crippen MR) is 85.1 cm³/mol. The molecule has 1 aromatic heterocycles. The first-order valence-electron chi connectivity index (χ1n) is 6.97. The number of imidazole rings is 1. The smallest absolute Gasteiger partial charge is 0.313 e. The van der Waals surface area contributed by atoms with Crippen LogP contribution >= 0.6 is 23.4 Å². The molecule has 0 radical (unpaired) electrons. The molecule has 21 heavy (non-hydrogen) atoms. The molecule has 0 atom stereocenters. The summed E-state index contributed by atoms with van der Waals surface area (Å²) in [7, 11) is 0. The van der Waals surface area contributed by atoms with Gasteiger partial charge in [-0.1, -0.05) is 36.7 Å². The van der Waals surface area contributed by atoms with E-state index in [-0.39, 0.29) is 5.75 Å². The van der Waals surface area contributed by atoms with Crippen molar-refractivity contribution in [3.05, 3.63) is 23.2 Å². The molecule has 1 N–H and O–H groups in total. The van der Waals surface area contributed by atoms with Crippen molar-refractivity contribution in [3.8, 4) is 0 Å². The highest BCUT2D eigenvalue weighted by atomic mass is 35.5. The molecule has 1 saturated carbocycles. The number of carboxylic acid groups (broad SMARTS) is 1. The fourth-order valence-electron chi connectivity index (χ4n) is 2.79. The van der Waals surface area contributed by atoms with Gasteiger partial charge in [-0.05, 0) is 36.5 Å². The fraction of sp³-hybridized carbons (Fsp3) is 0.467. The van der Waals surface area contributed by atoms with Crippen molar-refractivity contribution in [2.75, 3.05) is 5.75 Å². The van der Waals surface area contributed by atoms with E-state index in [2.05, 4.69) is 16.5 Å². The summed E-state index contributed by atoms with van der Waals surface area (Å²) in [5.41, 5.74) is 2.16. The van der Waals surface area contributed by atoms with Crippen LogP contribution < -0.4 is 0 Å². The standard InChI is InChI=1S/C15H17ClN2O2S/c1-15(5-2-6-15)9-18-12-4-3-10(16)7-11(12)17-14(18)21-8-13(19)20/h3-4,7H,2,5-6,8-9H2,1H3,(H,19,20). The number of carboxylic acids is 1. The van der Waals surface area contributed by atoms with Crippen LogP contribution in [0.5, 0.6) is 0 Å². The second-order valence-electron chi connectivity index (χ2n) is 5.96. The molecular formula is C15H17ClN2O2S. The van der Waals surface area contributed by atoms with E-state index in [1.54, 1.807) is 0 Å². The maximum absolute atomic E-state index is 10.8. The third kappa shape index (κ3) is 3.04. The van der Waals surface area contributed by atoms with Gasteiger partial charge in [-0.15, -0.1) is 0 Å². The summed E-state index contributed by atoms with van der Waals surface area (Å²) in [5, 5.41) is 10.3. The van der Waals surface area contributed by atoms with Gasteiger partial charge in [0.1, 0.15) is 0 Å². The van der Waals surface area contributed by atoms with Crippen LogP contribution in [0.15, 0.2) is 23.4 Å². The quantitative estimate of drug-likeness (QED) is 0.843. The number of halogens is 1. The van der Waals surface area contributed by atoms with E-state index in [4.69, 9.17) is 16.7 Å². The average Bonchev–Trinajstić information content (AvgIpc) is 2.71. The van der Waals surface area contributed by atoms with E-state index in [9.17, 15) is 4.79 Å². The van der Waals surface area contributed by atoms with Crippen LogP contribution in [0.25, 0.3) is 11.0 Å². The Hall–Kier alpha value is -1.20. The lowest BCUT2D eigenvalue weighted by Gasteiger charge is -2.39. The van der Waals surface area contributed by atoms with Crippen LogP contribution in [0.1, 0.15) is 26.2 Å². The summed E-state index contributed by atoms with van der Waals surface area (Å²) in [5.74, 6) is -0.806. The number of carbonyl (C=O) groups is 1. The summed E-state index contributed by atoms with van der Waals surface area (Å²) in [6.45, 7) is 3.16. The minimum atomic E-state index is -0.827. The van der Waals surface area contributed by atoms with Crippen LogP contribution in [0.2, 0.25) is 5.02 Å². The lowest BCUT2D eigenvalue weighted by molar-refractivity contribution is -0.133. The van der Waals surface area contributed by atoms with Crippen LogP contribution in [-0.2, 0) is 11.3 Å². The second kappa shape index (κ2) is 5.54. The van der Waals surface area contributed by atoms with Crippen molar-refractivity contribution < 1.29 is 9.90 Å². The number of benzene rings is 1. The Bertz CT molecular complexity index is 694. The zero-order valence-electron chi connectivity index (χ0n) is 11.8. The first-order chi connectivity index (χ1) is 9.97. The molecule has 0 spiro atoms. The molecule has 0 aliphatic heterocycles. The first-order valence-corrected chi connectivity index (χ1v) is 8.34. The van der Waals surface area contributed by atoms with E-state index in [1.165, 1.54) is 31.0 Å². The maximum Gasteiger partial charge on any atom is 0.313 e. The van der Waals surface area contributed by atoms with Gasteiger partial charge in [-0.2, -0.15) is 0 Å². The van der Waals surface area contributed by atoms with Crippen molar-refractivity contribution in [1.29, 1.82) is 0 Å². The number of hydrogen-bond acceptors (Lipinski definition) is 3. The normalized spacial score (nSPS) is 16.9. The topological polar surface area (TPSA) is 55.1 Å². The van der Waals surface area contributed by atoms with Crippen molar-refractivity contribution >= 4 is 40.4 Å². The Morgan fingerprint density at radius 3 is 2.90 bits per heavy atom. The molecular weight excluding hydrogens is 308 g/mol. The molecule has 1 aliphatic rings. The summed E-state index contributed by atoms with van der Waals surface area (Å²) in [6.07, 6.45) is 3.69. The van der Waals surface area contributed by atoms with Crippen LogP contribution in [0, 0.1) is 5.41 Å². The molecule has 3 rings (SSSR count). The van der Waals surface area contributed by atoms with Gasteiger partial charge in [0.2, 0.25) is 0 Å². The third-order valence-corrected chi connectivity index (χ3v) is 5.30. The van der Waals surface area contributed by atoms with Gasteiger partial charge >= 0.3 is 5.97 Å². The minimum absolute atomic E-state index is 0.0216. The van der Waals surface area contributed by atoms with Crippen LogP contribution in [0.4, 0.5) is 0 Å². The van der Waals surface area contributed by atoms with Gasteiger partial charge < -0.3 is 9.67 Å². The molecule has 4 nitrogen and oxygen atoms in total. The van der Waals surface area contributed by atoms with E-state index >= 15 is 0 Å². The molecule has 1 heterocycles. The zero-order valence-corrected chi connectivity index (χ0v) is 13.4. The van der Waals surface area contributed by atoms with Gasteiger partial charge in [-0.3, -0.25) is 4.79 Å². The number of aliphatic carboxylic acids is 1. The molecule has 0 amide bonds. The largest absolute Gasteiger partial charge is 0.481 e. The SMILES string of the molecule is CC1(Cn2c(SCC(=O)O)nc3cc(Cl)ccc32)CCC1. The summed E-state index contributed by atoms with van der Waals surface area (Å²) >= 11 is 7.30. The summed E-state index contributed by atoms with van der Waals surface area (Å²) in [6, 6.07) is 5.66. The number of aromatic nitrogens is 2. The molecule has 0 unspecified atom stereocenters. The Balaban J connectivity index is 1.99. The van der Waals surface area contributed by atoms with E-state index in [0.717, 1.165) is 22.7 Å². The van der Waals surface area contributed by atoms with Gasteiger partial charge in [0, 0.05) is 11.6 Å². The molecule has 1 fully saturated rings. The maximum atomic E-state index is 10.8. The lowest BCUT2D eigenvalue weighted by atomic mass is 9.70. The highest BCUT2D eigenvalue weighted by molar-refractivity contribution is 7.99. The summed E-state index contributed by atoms with van der Waals surface area (Å²) in [4.78, 5) is 15.4. The molecule has 2 aromatic rings. The van der Waals surface area contributed by atoms with Crippen LogP contribution in [-0.4, -0.2) is 26.4 Å². The number of nitrogens with zero attached hydrogens (tertiary/aromatic N) is 2. The van der Waals surface area contributed by atoms with E-state index in [0.29, 0.717) is 10.4 Å². The Kier molecular flexibility index (Phi) is 3.88. The molecule has 1 aromatic carbocycles. The summed E-state index contributed by atoms with van der Waals surface area (Å²) < 4.78 is 2.15. The Morgan fingerprint density at radius 2 is 2.29 bits per heavy atom. The van der Waals surface area contributed by atoms with E-state index < -0.39 is 5.97 Å². The lowest BCUT2D eigenvalue weighted by Crippen LogP contribution is -2.31. The Morgan fingerprint density at radius 1 is 1.52 bits per heavy atom. The van der Waals surface area contributed by atoms with Crippen molar-refractivity contribution in [3.63, 3.8) is 0 Å². The van der Waals surface area contributed by atoms with Crippen molar-refractivity contribution in [2.24, 2.45) is 5.41 Å². The predicted octanol–water partition coefficient (Wildman–Crippen LogP) is 4.06. The minimum Gasteiger partial charge on any atom is -0.481 e. The Labute approximate surface area is 132 Å². The third-order valence-electron chi connectivity index (χ3n) is 4.10. The molecule has 0 saturated heterocycles. The van der Waals surface area contributed by atoms with E-state index in [1.807, 2.05) is 18.2 Å². The fourth-order valence-corrected chi connectivity index (χ4v) is 3.69. The molecule has 6 heteroatoms. The van der Waals surface area contributed by atoms with Gasteiger partial charge in [0.25, 0.3) is 0 Å². The van der Waals surface area contributed by atoms with Gasteiger partial charge in [-0.25, -0.2) is 4.98 Å². The zero-order chi connectivity index (χ0) is 15.0. The first kappa shape index (κ1) is 14.7. The molecule has 1 aliphatic carbocycles. The highest BCUT2D eigenvalue weighted by Gasteiger charge is 2.33. The van der Waals surface area contributed by atoms with Crippen molar-refractivity contribution in [2.45, 2.75) is 37.9 Å². The number of thioether (sulfide) groups is 1. The monoisotopic (exact) mass is 324 g/mol. The number of fused-ring (bicyclic) bond motifs is 1. The number of hydrogen-bond donors (Lipinski definition) is 1. The second-order valence-corrected chi connectivity index (χ2v) is 7.34. The van der Waals surface area contributed by atoms with Crippen molar-refractivity contribution in [1.82, 2.24) is 9.55 Å².